The predicted octanol–water partition coefficient (Wildman–Crippen LogP) is 6.63. The van der Waals surface area contributed by atoms with E-state index in [0.717, 1.165) is 22.5 Å². The molecule has 0 bridgehead atoms. The molecule has 1 aliphatic heterocycles. The normalized spacial score (nSPS) is 16.2. The maximum Gasteiger partial charge on any atom is 0.255 e. The molecule has 3 aromatic carbocycles. The highest BCUT2D eigenvalue weighted by Gasteiger charge is 2.35. The minimum atomic E-state index is -0.144. The molecule has 0 saturated carbocycles. The van der Waals surface area contributed by atoms with Crippen LogP contribution >= 0.6 is 11.8 Å². The summed E-state index contributed by atoms with van der Waals surface area (Å²) in [5.74, 6) is 0.397. The Balaban J connectivity index is 1.56. The average molecular weight is 459 g/mol. The monoisotopic (exact) mass is 458 g/mol. The van der Waals surface area contributed by atoms with E-state index in [1.165, 1.54) is 11.1 Å². The molecule has 2 amide bonds. The molecule has 0 aliphatic carbocycles. The molecular formula is C28H30N2O2S. The van der Waals surface area contributed by atoms with Crippen molar-refractivity contribution in [1.29, 1.82) is 0 Å². The number of hydrogen-bond acceptors (Lipinski definition) is 3. The number of amides is 2. The van der Waals surface area contributed by atoms with Crippen LogP contribution in [0.15, 0.2) is 66.7 Å². The SMILES string of the molecule is Cc1ccc(N2C(=O)CS[C@H]2c2cccc(NC(=O)c3ccc(C(C)(C)C)cc3)c2)c(C)c1. The second kappa shape index (κ2) is 9.06. The fraction of sp³-hybridized carbons (Fsp3) is 0.286. The van der Waals surface area contributed by atoms with Crippen molar-refractivity contribution in [3.05, 3.63) is 94.5 Å². The summed E-state index contributed by atoms with van der Waals surface area (Å²) < 4.78 is 0. The van der Waals surface area contributed by atoms with Crippen molar-refractivity contribution >= 4 is 35.0 Å². The number of benzene rings is 3. The fourth-order valence-corrected chi connectivity index (χ4v) is 5.26. The second-order valence-electron chi connectivity index (χ2n) is 9.62. The van der Waals surface area contributed by atoms with Crippen molar-refractivity contribution in [3.8, 4) is 0 Å². The molecule has 0 spiro atoms. The van der Waals surface area contributed by atoms with Crippen LogP contribution in [0, 0.1) is 13.8 Å². The Hall–Kier alpha value is -3.05. The number of rotatable bonds is 4. The van der Waals surface area contributed by atoms with Crippen LogP contribution in [-0.4, -0.2) is 17.6 Å². The van der Waals surface area contributed by atoms with Crippen LogP contribution in [0.25, 0.3) is 0 Å². The zero-order chi connectivity index (χ0) is 23.8. The van der Waals surface area contributed by atoms with Crippen molar-refractivity contribution < 1.29 is 9.59 Å². The van der Waals surface area contributed by atoms with E-state index in [2.05, 4.69) is 39.1 Å². The molecule has 3 aromatic rings. The molecule has 1 saturated heterocycles. The van der Waals surface area contributed by atoms with Crippen LogP contribution < -0.4 is 10.2 Å². The van der Waals surface area contributed by atoms with Crippen molar-refractivity contribution in [2.75, 3.05) is 16.0 Å². The Bertz CT molecular complexity index is 1200. The number of nitrogens with zero attached hydrogens (tertiary/aromatic N) is 1. The van der Waals surface area contributed by atoms with E-state index >= 15 is 0 Å². The summed E-state index contributed by atoms with van der Waals surface area (Å²) in [6, 6.07) is 21.7. The Morgan fingerprint density at radius 2 is 1.73 bits per heavy atom. The first-order valence-corrected chi connectivity index (χ1v) is 12.2. The third-order valence-electron chi connectivity index (χ3n) is 5.92. The van der Waals surface area contributed by atoms with Gasteiger partial charge in [0.05, 0.1) is 5.75 Å². The molecule has 1 fully saturated rings. The van der Waals surface area contributed by atoms with E-state index in [0.29, 0.717) is 11.3 Å². The molecule has 0 unspecified atom stereocenters. The summed E-state index contributed by atoms with van der Waals surface area (Å²) in [6.45, 7) is 10.6. The van der Waals surface area contributed by atoms with Gasteiger partial charge in [0.2, 0.25) is 5.91 Å². The number of aryl methyl sites for hydroxylation is 2. The number of thioether (sulfide) groups is 1. The van der Waals surface area contributed by atoms with E-state index in [4.69, 9.17) is 0 Å². The summed E-state index contributed by atoms with van der Waals surface area (Å²) in [5.41, 5.74) is 6.76. The van der Waals surface area contributed by atoms with Crippen molar-refractivity contribution in [3.63, 3.8) is 0 Å². The van der Waals surface area contributed by atoms with Crippen LogP contribution in [0.3, 0.4) is 0 Å². The minimum absolute atomic E-state index is 0.0431. The van der Waals surface area contributed by atoms with Gasteiger partial charge in [0.25, 0.3) is 5.91 Å². The second-order valence-corrected chi connectivity index (χ2v) is 10.7. The largest absolute Gasteiger partial charge is 0.322 e. The van der Waals surface area contributed by atoms with E-state index in [9.17, 15) is 9.59 Å². The molecule has 0 radical (unpaired) electrons. The van der Waals surface area contributed by atoms with Crippen LogP contribution in [0.1, 0.15) is 58.8 Å². The zero-order valence-corrected chi connectivity index (χ0v) is 20.6. The summed E-state index contributed by atoms with van der Waals surface area (Å²) in [7, 11) is 0. The van der Waals surface area contributed by atoms with Gasteiger partial charge in [-0.05, 0) is 66.3 Å². The van der Waals surface area contributed by atoms with Gasteiger partial charge in [-0.25, -0.2) is 0 Å². The molecule has 5 heteroatoms. The summed E-state index contributed by atoms with van der Waals surface area (Å²) >= 11 is 1.61. The summed E-state index contributed by atoms with van der Waals surface area (Å²) in [6.07, 6.45) is 0. The van der Waals surface area contributed by atoms with Gasteiger partial charge in [-0.1, -0.05) is 62.7 Å². The fourth-order valence-electron chi connectivity index (χ4n) is 4.10. The van der Waals surface area contributed by atoms with Gasteiger partial charge in [-0.2, -0.15) is 0 Å². The lowest BCUT2D eigenvalue weighted by molar-refractivity contribution is -0.115. The van der Waals surface area contributed by atoms with Gasteiger partial charge < -0.3 is 5.32 Å². The maximum absolute atomic E-state index is 12.8. The Labute approximate surface area is 200 Å². The van der Waals surface area contributed by atoms with Gasteiger partial charge in [0.15, 0.2) is 0 Å². The smallest absolute Gasteiger partial charge is 0.255 e. The first-order chi connectivity index (χ1) is 15.6. The van der Waals surface area contributed by atoms with Crippen molar-refractivity contribution in [1.82, 2.24) is 0 Å². The van der Waals surface area contributed by atoms with Gasteiger partial charge in [-0.15, -0.1) is 11.8 Å². The lowest BCUT2D eigenvalue weighted by Crippen LogP contribution is -2.28. The van der Waals surface area contributed by atoms with Gasteiger partial charge in [0.1, 0.15) is 5.37 Å². The zero-order valence-electron chi connectivity index (χ0n) is 19.8. The molecule has 170 valence electrons. The molecule has 4 rings (SSSR count). The van der Waals surface area contributed by atoms with Gasteiger partial charge >= 0.3 is 0 Å². The Morgan fingerprint density at radius 3 is 2.39 bits per heavy atom. The first-order valence-electron chi connectivity index (χ1n) is 11.2. The predicted molar refractivity (Wildman–Crippen MR) is 138 cm³/mol. The number of hydrogen-bond donors (Lipinski definition) is 1. The Kier molecular flexibility index (Phi) is 6.35. The molecular weight excluding hydrogens is 428 g/mol. The molecule has 1 atom stereocenters. The van der Waals surface area contributed by atoms with Crippen LogP contribution in [0.4, 0.5) is 11.4 Å². The lowest BCUT2D eigenvalue weighted by atomic mass is 9.87. The van der Waals surface area contributed by atoms with Crippen LogP contribution in [0.2, 0.25) is 0 Å². The number of carbonyl (C=O) groups is 2. The molecule has 1 aliphatic rings. The number of nitrogens with one attached hydrogen (secondary N) is 1. The van der Waals surface area contributed by atoms with E-state index in [-0.39, 0.29) is 22.6 Å². The highest BCUT2D eigenvalue weighted by atomic mass is 32.2. The quantitative estimate of drug-likeness (QED) is 0.477. The minimum Gasteiger partial charge on any atom is -0.322 e. The number of carbonyl (C=O) groups excluding carboxylic acids is 2. The van der Waals surface area contributed by atoms with E-state index in [1.807, 2.05) is 72.5 Å². The molecule has 33 heavy (non-hydrogen) atoms. The molecule has 1 N–H and O–H groups in total. The average Bonchev–Trinajstić information content (AvgIpc) is 3.14. The van der Waals surface area contributed by atoms with Gasteiger partial charge in [0, 0.05) is 16.9 Å². The van der Waals surface area contributed by atoms with Gasteiger partial charge in [-0.3, -0.25) is 14.5 Å². The highest BCUT2D eigenvalue weighted by molar-refractivity contribution is 8.00. The summed E-state index contributed by atoms with van der Waals surface area (Å²) in [5, 5.41) is 2.89. The number of anilines is 2. The third-order valence-corrected chi connectivity index (χ3v) is 7.13. The molecule has 0 aromatic heterocycles. The van der Waals surface area contributed by atoms with Crippen LogP contribution in [0.5, 0.6) is 0 Å². The maximum atomic E-state index is 12.8. The standard InChI is InChI=1S/C28H30N2O2S/c1-18-9-14-24(19(2)15-18)30-25(31)17-33-27(30)21-7-6-8-23(16-21)29-26(32)20-10-12-22(13-11-20)28(3,4)5/h6-16,27H,17H2,1-5H3,(H,29,32)/t27-/m0/s1. The van der Waals surface area contributed by atoms with E-state index < -0.39 is 0 Å². The molecule has 1 heterocycles. The topological polar surface area (TPSA) is 49.4 Å². The molecule has 4 nitrogen and oxygen atoms in total. The highest BCUT2D eigenvalue weighted by Crippen LogP contribution is 2.43. The van der Waals surface area contributed by atoms with Crippen molar-refractivity contribution in [2.24, 2.45) is 0 Å². The Morgan fingerprint density at radius 1 is 1.00 bits per heavy atom. The first kappa shape index (κ1) is 23.1. The van der Waals surface area contributed by atoms with Crippen molar-refractivity contribution in [2.45, 2.75) is 45.4 Å². The third kappa shape index (κ3) is 4.98. The summed E-state index contributed by atoms with van der Waals surface area (Å²) in [4.78, 5) is 27.5. The van der Waals surface area contributed by atoms with Crippen LogP contribution in [-0.2, 0) is 10.2 Å². The van der Waals surface area contributed by atoms with E-state index in [1.54, 1.807) is 11.8 Å². The lowest BCUT2D eigenvalue weighted by Gasteiger charge is -2.26.